The van der Waals surface area contributed by atoms with Crippen LogP contribution in [0.2, 0.25) is 0 Å². The minimum atomic E-state index is -0.193. The fourth-order valence-electron chi connectivity index (χ4n) is 3.53. The number of nitrogen functional groups attached to an aromatic ring is 1. The summed E-state index contributed by atoms with van der Waals surface area (Å²) >= 11 is 1.78. The summed E-state index contributed by atoms with van der Waals surface area (Å²) in [6, 6.07) is 7.38. The van der Waals surface area contributed by atoms with Crippen molar-refractivity contribution in [3.05, 3.63) is 45.8 Å². The number of anilines is 1. The predicted octanol–water partition coefficient (Wildman–Crippen LogP) is 2.43. The molecule has 2 N–H and O–H groups in total. The summed E-state index contributed by atoms with van der Waals surface area (Å²) in [4.78, 5) is 19.9. The average Bonchev–Trinajstić information content (AvgIpc) is 3.05. The van der Waals surface area contributed by atoms with Gasteiger partial charge in [0.1, 0.15) is 17.1 Å². The van der Waals surface area contributed by atoms with Crippen molar-refractivity contribution in [3.8, 4) is 0 Å². The molecule has 1 saturated heterocycles. The van der Waals surface area contributed by atoms with Crippen LogP contribution in [0, 0.1) is 0 Å². The molecular formula is C17H19N3O2S. The molecule has 4 heterocycles. The number of nitrogens with zero attached hydrogens (tertiary/aromatic N) is 2. The number of piperidine rings is 1. The molecule has 0 aromatic carbocycles. The molecule has 4 rings (SSSR count). The third-order valence-electron chi connectivity index (χ3n) is 4.76. The lowest BCUT2D eigenvalue weighted by Gasteiger charge is -2.43. The van der Waals surface area contributed by atoms with Crippen molar-refractivity contribution in [2.24, 2.45) is 0 Å². The van der Waals surface area contributed by atoms with Gasteiger partial charge in [-0.2, -0.15) is 0 Å². The van der Waals surface area contributed by atoms with Gasteiger partial charge in [0.2, 0.25) is 0 Å². The minimum Gasteiger partial charge on any atom is -0.384 e. The molecule has 0 unspecified atom stereocenters. The molecule has 6 heteroatoms. The highest BCUT2D eigenvalue weighted by atomic mass is 32.1. The zero-order chi connectivity index (χ0) is 15.9. The number of hydrogen-bond acceptors (Lipinski definition) is 5. The third-order valence-corrected chi connectivity index (χ3v) is 5.90. The minimum absolute atomic E-state index is 0.0469. The van der Waals surface area contributed by atoms with Gasteiger partial charge in [0, 0.05) is 18.0 Å². The summed E-state index contributed by atoms with van der Waals surface area (Å²) in [6.07, 6.45) is 2.68. The maximum absolute atomic E-state index is 12.6. The van der Waals surface area contributed by atoms with Gasteiger partial charge >= 0.3 is 0 Å². The Hall–Kier alpha value is -1.92. The van der Waals surface area contributed by atoms with Crippen LogP contribution in [0.1, 0.15) is 33.8 Å². The molecule has 5 nitrogen and oxygen atoms in total. The number of pyridine rings is 1. The van der Waals surface area contributed by atoms with E-state index in [1.807, 2.05) is 4.90 Å². The van der Waals surface area contributed by atoms with Gasteiger partial charge in [0.15, 0.2) is 0 Å². The average molecular weight is 329 g/mol. The topological polar surface area (TPSA) is 68.5 Å². The maximum Gasteiger partial charge on any atom is 0.272 e. The number of aromatic nitrogens is 1. The van der Waals surface area contributed by atoms with Crippen molar-refractivity contribution in [2.75, 3.05) is 25.4 Å². The standard InChI is InChI=1S/C17H19N3O2S/c18-14-3-1-2-13(19-14)16(21)20-8-6-17(7-9-20)15-12(4-10-22-17)5-11-23-15/h1-3,5,11H,4,6-10H2,(H2,18,19). The van der Waals surface area contributed by atoms with E-state index in [2.05, 4.69) is 16.4 Å². The number of hydrogen-bond donors (Lipinski definition) is 1. The lowest BCUT2D eigenvalue weighted by Crippen LogP contribution is -2.48. The second-order valence-electron chi connectivity index (χ2n) is 6.11. The van der Waals surface area contributed by atoms with Gasteiger partial charge in [-0.1, -0.05) is 6.07 Å². The quantitative estimate of drug-likeness (QED) is 0.872. The molecule has 2 aromatic heterocycles. The van der Waals surface area contributed by atoms with E-state index in [0.717, 1.165) is 25.9 Å². The summed E-state index contributed by atoms with van der Waals surface area (Å²) in [5.41, 5.74) is 7.32. The molecule has 1 fully saturated rings. The Bertz CT molecular complexity index is 735. The smallest absolute Gasteiger partial charge is 0.272 e. The van der Waals surface area contributed by atoms with Gasteiger partial charge in [0.25, 0.3) is 5.91 Å². The molecule has 120 valence electrons. The molecule has 0 aliphatic carbocycles. The van der Waals surface area contributed by atoms with E-state index in [-0.39, 0.29) is 11.5 Å². The first-order valence-electron chi connectivity index (χ1n) is 7.91. The molecule has 1 spiro atoms. The lowest BCUT2D eigenvalue weighted by molar-refractivity contribution is -0.0906. The summed E-state index contributed by atoms with van der Waals surface area (Å²) in [6.45, 7) is 2.15. The molecule has 2 aliphatic rings. The van der Waals surface area contributed by atoms with Gasteiger partial charge in [-0.3, -0.25) is 4.79 Å². The van der Waals surface area contributed by atoms with Crippen LogP contribution in [0.4, 0.5) is 5.82 Å². The molecule has 0 radical (unpaired) electrons. The number of thiophene rings is 1. The summed E-state index contributed by atoms with van der Waals surface area (Å²) in [5, 5.41) is 2.15. The monoisotopic (exact) mass is 329 g/mol. The van der Waals surface area contributed by atoms with Crippen LogP contribution in [0.5, 0.6) is 0 Å². The normalized spacial score (nSPS) is 19.6. The molecule has 23 heavy (non-hydrogen) atoms. The number of nitrogens with two attached hydrogens (primary N) is 1. The van der Waals surface area contributed by atoms with E-state index < -0.39 is 0 Å². The summed E-state index contributed by atoms with van der Waals surface area (Å²) < 4.78 is 6.18. The third kappa shape index (κ3) is 2.52. The Kier molecular flexibility index (Phi) is 3.58. The fraction of sp³-hybridized carbons (Fsp3) is 0.412. The van der Waals surface area contributed by atoms with Crippen molar-refractivity contribution < 1.29 is 9.53 Å². The first-order valence-corrected chi connectivity index (χ1v) is 8.79. The van der Waals surface area contributed by atoms with Gasteiger partial charge in [-0.15, -0.1) is 11.3 Å². The molecule has 0 atom stereocenters. The largest absolute Gasteiger partial charge is 0.384 e. The highest BCUT2D eigenvalue weighted by Gasteiger charge is 2.42. The molecule has 0 bridgehead atoms. The summed E-state index contributed by atoms with van der Waals surface area (Å²) in [7, 11) is 0. The van der Waals surface area contributed by atoms with Crippen LogP contribution in [-0.2, 0) is 16.8 Å². The van der Waals surface area contributed by atoms with Crippen LogP contribution in [-0.4, -0.2) is 35.5 Å². The number of amides is 1. The number of likely N-dealkylation sites (tertiary alicyclic amines) is 1. The van der Waals surface area contributed by atoms with E-state index in [9.17, 15) is 4.79 Å². The van der Waals surface area contributed by atoms with E-state index in [1.54, 1.807) is 29.5 Å². The van der Waals surface area contributed by atoms with Crippen molar-refractivity contribution in [1.82, 2.24) is 9.88 Å². The van der Waals surface area contributed by atoms with Crippen molar-refractivity contribution in [2.45, 2.75) is 24.9 Å². The Morgan fingerprint density at radius 3 is 2.91 bits per heavy atom. The van der Waals surface area contributed by atoms with Crippen LogP contribution >= 0.6 is 11.3 Å². The first-order chi connectivity index (χ1) is 11.2. The van der Waals surface area contributed by atoms with E-state index >= 15 is 0 Å². The highest BCUT2D eigenvalue weighted by molar-refractivity contribution is 7.10. The van der Waals surface area contributed by atoms with Crippen molar-refractivity contribution in [1.29, 1.82) is 0 Å². The predicted molar refractivity (Wildman–Crippen MR) is 89.4 cm³/mol. The van der Waals surface area contributed by atoms with Gasteiger partial charge in [0.05, 0.1) is 6.61 Å². The molecule has 1 amide bonds. The van der Waals surface area contributed by atoms with Crippen LogP contribution in [0.3, 0.4) is 0 Å². The van der Waals surface area contributed by atoms with E-state index in [4.69, 9.17) is 10.5 Å². The van der Waals surface area contributed by atoms with E-state index in [0.29, 0.717) is 24.6 Å². The van der Waals surface area contributed by atoms with Crippen LogP contribution in [0.25, 0.3) is 0 Å². The van der Waals surface area contributed by atoms with Crippen molar-refractivity contribution in [3.63, 3.8) is 0 Å². The number of carbonyl (C=O) groups is 1. The van der Waals surface area contributed by atoms with Gasteiger partial charge in [-0.25, -0.2) is 4.98 Å². The van der Waals surface area contributed by atoms with Gasteiger partial charge in [-0.05, 0) is 48.4 Å². The zero-order valence-corrected chi connectivity index (χ0v) is 13.6. The van der Waals surface area contributed by atoms with Crippen LogP contribution < -0.4 is 5.73 Å². The molecule has 2 aliphatic heterocycles. The maximum atomic E-state index is 12.6. The summed E-state index contributed by atoms with van der Waals surface area (Å²) in [5.74, 6) is 0.331. The number of ether oxygens (including phenoxy) is 1. The Morgan fingerprint density at radius 2 is 2.13 bits per heavy atom. The fourth-order valence-corrected chi connectivity index (χ4v) is 4.70. The SMILES string of the molecule is Nc1cccc(C(=O)N2CCC3(CC2)OCCc2ccsc23)n1. The van der Waals surface area contributed by atoms with Crippen molar-refractivity contribution >= 4 is 23.1 Å². The second kappa shape index (κ2) is 5.62. The van der Waals surface area contributed by atoms with Gasteiger partial charge < -0.3 is 15.4 Å². The first kappa shape index (κ1) is 14.7. The number of fused-ring (bicyclic) bond motifs is 2. The van der Waals surface area contributed by atoms with E-state index in [1.165, 1.54) is 10.4 Å². The number of carbonyl (C=O) groups excluding carboxylic acids is 1. The highest BCUT2D eigenvalue weighted by Crippen LogP contribution is 2.44. The Labute approximate surface area is 139 Å². The zero-order valence-electron chi connectivity index (χ0n) is 12.8. The molecule has 0 saturated carbocycles. The molecular weight excluding hydrogens is 310 g/mol. The lowest BCUT2D eigenvalue weighted by atomic mass is 9.85. The Morgan fingerprint density at radius 1 is 1.30 bits per heavy atom. The second-order valence-corrected chi connectivity index (χ2v) is 7.02. The molecule has 2 aromatic rings. The number of rotatable bonds is 1. The van der Waals surface area contributed by atoms with Crippen LogP contribution in [0.15, 0.2) is 29.6 Å². The Balaban J connectivity index is 1.51.